The minimum atomic E-state index is -4.41. The molecule has 6 unspecified atom stereocenters. The van der Waals surface area contributed by atoms with Crippen molar-refractivity contribution in [1.82, 2.24) is 4.90 Å². The molecule has 5 fully saturated rings. The van der Waals surface area contributed by atoms with Gasteiger partial charge in [0.1, 0.15) is 6.10 Å². The van der Waals surface area contributed by atoms with Crippen LogP contribution in [0.1, 0.15) is 174 Å². The lowest BCUT2D eigenvalue weighted by atomic mass is 9.68. The number of benzene rings is 2. The molecule has 0 aromatic heterocycles. The molecule has 5 heterocycles. The molecule has 20 heteroatoms. The summed E-state index contributed by atoms with van der Waals surface area (Å²) in [4.78, 5) is 29.8. The lowest BCUT2D eigenvalue weighted by Crippen LogP contribution is -2.64. The number of carbonyl (C=O) groups excluding carboxylic acids is 2. The highest BCUT2D eigenvalue weighted by Crippen LogP contribution is 2.51. The van der Waals surface area contributed by atoms with Gasteiger partial charge in [-0.25, -0.2) is 8.42 Å². The van der Waals surface area contributed by atoms with Crippen LogP contribution >= 0.6 is 22.6 Å². The van der Waals surface area contributed by atoms with Gasteiger partial charge in [0.25, 0.3) is 11.8 Å². The number of aliphatic hydroxyl groups is 2. The van der Waals surface area contributed by atoms with E-state index in [4.69, 9.17) is 43.5 Å². The number of ether oxygens (including phenoxy) is 5. The Kier molecular flexibility index (Phi) is 25.5. The zero-order valence-electron chi connectivity index (χ0n) is 60.2. The summed E-state index contributed by atoms with van der Waals surface area (Å²) in [5.41, 5.74) is 2.87. The number of allylic oxidation sites excluding steroid dienone is 1. The van der Waals surface area contributed by atoms with Crippen molar-refractivity contribution in [3.63, 3.8) is 0 Å². The van der Waals surface area contributed by atoms with Crippen molar-refractivity contribution < 1.29 is 65.2 Å². The minimum absolute atomic E-state index is 0.00431. The van der Waals surface area contributed by atoms with Gasteiger partial charge in [0.05, 0.1) is 101 Å². The number of hydrogen-bond donors (Lipinski definition) is 2. The molecular formula is C74H118INO14SSi3. The Morgan fingerprint density at radius 2 is 1.35 bits per heavy atom. The van der Waals surface area contributed by atoms with Crippen LogP contribution in [-0.2, 0) is 46.8 Å². The Labute approximate surface area is 582 Å². The molecule has 1 aliphatic carbocycles. The van der Waals surface area contributed by atoms with E-state index in [1.165, 1.54) is 4.90 Å². The quantitative estimate of drug-likeness (QED) is 0.0372. The van der Waals surface area contributed by atoms with Crippen molar-refractivity contribution in [2.45, 2.75) is 297 Å². The van der Waals surface area contributed by atoms with Gasteiger partial charge in [-0.15, -0.1) is 0 Å². The summed E-state index contributed by atoms with van der Waals surface area (Å²) in [6.07, 6.45) is 2.41. The average molecular weight is 1490 g/mol. The molecule has 2 amide bonds. The first-order valence-electron chi connectivity index (χ1n) is 35.1. The predicted octanol–water partition coefficient (Wildman–Crippen LogP) is 15.6. The summed E-state index contributed by atoms with van der Waals surface area (Å²) in [5.74, 6) is -1.49. The Balaban J connectivity index is 1.16. The minimum Gasteiger partial charge on any atom is -0.412 e. The molecule has 15 nitrogen and oxygen atoms in total. The van der Waals surface area contributed by atoms with Crippen molar-refractivity contribution in [3.8, 4) is 0 Å². The van der Waals surface area contributed by atoms with Gasteiger partial charge in [-0.1, -0.05) is 148 Å². The summed E-state index contributed by atoms with van der Waals surface area (Å²) in [6, 6.07) is 15.3. The van der Waals surface area contributed by atoms with Crippen LogP contribution in [0.15, 0.2) is 94.0 Å². The molecule has 0 bridgehead atoms. The molecular weight excluding hydrogens is 1370 g/mol. The van der Waals surface area contributed by atoms with E-state index in [9.17, 15) is 19.8 Å². The lowest BCUT2D eigenvalue weighted by molar-refractivity contribution is -0.253. The third-order valence-corrected chi connectivity index (χ3v) is 39.7. The van der Waals surface area contributed by atoms with E-state index in [0.717, 1.165) is 49.7 Å². The highest BCUT2D eigenvalue weighted by Gasteiger charge is 2.59. The molecule has 2 aromatic carbocycles. The fraction of sp³-hybridized carbons (Fsp3) is 0.730. The van der Waals surface area contributed by atoms with E-state index in [2.05, 4.69) is 151 Å². The van der Waals surface area contributed by atoms with Gasteiger partial charge in [0.15, 0.2) is 34.8 Å². The third kappa shape index (κ3) is 17.4. The molecule has 6 aliphatic rings. The number of imide groups is 1. The number of fused-ring (bicyclic) bond motifs is 2. The van der Waals surface area contributed by atoms with E-state index in [1.807, 2.05) is 4.08 Å². The number of sulfone groups is 1. The van der Waals surface area contributed by atoms with Gasteiger partial charge in [0.2, 0.25) is 0 Å². The Hall–Kier alpha value is -2.27. The molecule has 94 heavy (non-hydrogen) atoms. The fourth-order valence-corrected chi connectivity index (χ4v) is 21.6. The van der Waals surface area contributed by atoms with Crippen LogP contribution in [0, 0.1) is 29.6 Å². The molecule has 5 aliphatic heterocycles. The van der Waals surface area contributed by atoms with Crippen LogP contribution in [0.25, 0.3) is 0 Å². The van der Waals surface area contributed by atoms with E-state index in [0.29, 0.717) is 42.7 Å². The van der Waals surface area contributed by atoms with Gasteiger partial charge < -0.3 is 47.2 Å². The standard InChI is InChI=1S/C74H118INO14SSi3/c1-46-39-50(32-34-59-47(2)40-52(84-59)27-26-38-77)41-51(48(46)3)42-62-64(67(83-14)63(86-62)44-54(88-92(15,16)72(5,6)7)45-76-70(79)56-30-24-25-31-57(56)71(76)80)69(91(81,82)55-28-22-21-23-29-55)58(78)43-53-33-35-60-65(85-53)49(4)66(90-94(19,20)74(11,12)13)68(87-60)61(36-37-75)89-93(17,18)73(8,9)10/h21-25,28-31,36-37,46,49-54,58-69,77-78H,2-3,26-27,32-35,38-45H2,1,4-20H3/b37-36+/t46-,49+,50+,51?,52+,53?,54+,58?,59?,60+,61+,62+,63?,64+,65-,66+,67+,68?,69-/m1/s1. The average Bonchev–Trinajstić information content (AvgIpc) is 1.38. The van der Waals surface area contributed by atoms with Crippen molar-refractivity contribution in [3.05, 3.63) is 100 Å². The van der Waals surface area contributed by atoms with Crippen molar-refractivity contribution >= 4 is 69.2 Å². The fourth-order valence-electron chi connectivity index (χ4n) is 15.0. The first-order chi connectivity index (χ1) is 43.7. The number of carbonyl (C=O) groups is 2. The van der Waals surface area contributed by atoms with Crippen LogP contribution in [0.2, 0.25) is 54.4 Å². The molecule has 1 saturated carbocycles. The van der Waals surface area contributed by atoms with E-state index in [-0.39, 0.29) is 88.2 Å². The largest absolute Gasteiger partial charge is 0.412 e. The third-order valence-electron chi connectivity index (χ3n) is 23.6. The zero-order valence-corrected chi connectivity index (χ0v) is 66.1. The normalized spacial score (nSPS) is 31.5. The van der Waals surface area contributed by atoms with Crippen LogP contribution < -0.4 is 0 Å². The Bertz CT molecular complexity index is 3040. The number of halogens is 1. The summed E-state index contributed by atoms with van der Waals surface area (Å²) in [7, 11) is -10.3. The van der Waals surface area contributed by atoms with Crippen LogP contribution in [0.4, 0.5) is 0 Å². The van der Waals surface area contributed by atoms with Gasteiger partial charge in [-0.3, -0.25) is 14.5 Å². The number of amides is 2. The van der Waals surface area contributed by atoms with E-state index >= 15 is 8.42 Å². The second-order valence-electron chi connectivity index (χ2n) is 33.2. The highest BCUT2D eigenvalue weighted by molar-refractivity contribution is 14.1. The van der Waals surface area contributed by atoms with Gasteiger partial charge >= 0.3 is 0 Å². The molecule has 4 saturated heterocycles. The second kappa shape index (κ2) is 30.9. The van der Waals surface area contributed by atoms with E-state index in [1.54, 1.807) is 61.7 Å². The zero-order chi connectivity index (χ0) is 69.4. The summed E-state index contributed by atoms with van der Waals surface area (Å²) >= 11 is 2.28. The topological polar surface area (TPSA) is 186 Å². The smallest absolute Gasteiger partial charge is 0.261 e. The lowest BCUT2D eigenvalue weighted by Gasteiger charge is -2.54. The maximum Gasteiger partial charge on any atom is 0.261 e. The molecule has 0 spiro atoms. The summed E-state index contributed by atoms with van der Waals surface area (Å²) in [6.45, 7) is 47.0. The molecule has 19 atom stereocenters. The van der Waals surface area contributed by atoms with Crippen molar-refractivity contribution in [2.24, 2.45) is 29.6 Å². The number of hydrogen-bond acceptors (Lipinski definition) is 14. The van der Waals surface area contributed by atoms with Gasteiger partial charge in [0, 0.05) is 38.4 Å². The molecule has 8 rings (SSSR count). The first-order valence-corrected chi connectivity index (χ1v) is 46.6. The predicted molar refractivity (Wildman–Crippen MR) is 390 cm³/mol. The maximum atomic E-state index is 16.2. The molecule has 2 N–H and O–H groups in total. The van der Waals surface area contributed by atoms with E-state index < -0.39 is 113 Å². The summed E-state index contributed by atoms with van der Waals surface area (Å²) < 4.78 is 91.7. The molecule has 528 valence electrons. The molecule has 0 radical (unpaired) electrons. The maximum absolute atomic E-state index is 16.2. The number of rotatable bonds is 27. The SMILES string of the molecule is C=C1C[C@H](CCCO)OC1CC[C@@H]1CC(C[C@@H]2OC(C[C@@H](CN3C(=O)c4ccccc4C3=O)O[Si](C)(C)C(C)(C)C)[C@H](OC)[C@H]2[C@@H](C(O)CC2CC[C@@H]3OC([C@H](/C=C/I)O[Si](C)(C)C(C)(C)C)[C@@H](O[Si](C)(C)C(C)(C)C)[C@@H](C)[C@H]3O2)S(=O)(=O)c2ccccc2)C(=C)[C@H](C)C1. The monoisotopic (exact) mass is 1490 g/mol. The van der Waals surface area contributed by atoms with Crippen LogP contribution in [0.5, 0.6) is 0 Å². The second-order valence-corrected chi connectivity index (χ2v) is 50.3. The highest BCUT2D eigenvalue weighted by atomic mass is 127. The van der Waals surface area contributed by atoms with Crippen LogP contribution in [-0.4, -0.2) is 165 Å². The van der Waals surface area contributed by atoms with Crippen LogP contribution in [0.3, 0.4) is 0 Å². The molecule has 2 aromatic rings. The first kappa shape index (κ1) is 77.5. The Morgan fingerprint density at radius 1 is 0.745 bits per heavy atom. The van der Waals surface area contributed by atoms with Crippen molar-refractivity contribution in [1.29, 1.82) is 0 Å². The van der Waals surface area contributed by atoms with Gasteiger partial charge in [-0.05, 0) is 176 Å². The van der Waals surface area contributed by atoms with Crippen molar-refractivity contribution in [2.75, 3.05) is 20.3 Å². The number of methoxy groups -OCH3 is 1. The number of aliphatic hydroxyl groups excluding tert-OH is 2. The van der Waals surface area contributed by atoms with Gasteiger partial charge in [-0.2, -0.15) is 0 Å². The Morgan fingerprint density at radius 3 is 1.94 bits per heavy atom. The summed E-state index contributed by atoms with van der Waals surface area (Å²) in [5, 5.41) is 21.2. The number of nitrogens with zero attached hydrogens (tertiary/aromatic N) is 1.